The van der Waals surface area contributed by atoms with Crippen molar-refractivity contribution in [2.24, 2.45) is 17.3 Å². The largest absolute Gasteiger partial charge is 0.460 e. The monoisotopic (exact) mass is 264 g/mol. The number of allylic oxidation sites excluding steroid dienone is 1. The highest BCUT2D eigenvalue weighted by atomic mass is 16.6. The first-order valence-electron chi connectivity index (χ1n) is 7.62. The van der Waals surface area contributed by atoms with E-state index in [0.29, 0.717) is 17.3 Å². The predicted molar refractivity (Wildman–Crippen MR) is 77.8 cm³/mol. The lowest BCUT2D eigenvalue weighted by molar-refractivity contribution is -0.162. The molecule has 2 aliphatic carbocycles. The maximum atomic E-state index is 11.3. The van der Waals surface area contributed by atoms with Crippen molar-refractivity contribution in [3.8, 4) is 0 Å². The molecule has 0 aromatic rings. The van der Waals surface area contributed by atoms with Crippen molar-refractivity contribution in [1.29, 1.82) is 0 Å². The number of hydrogen-bond donors (Lipinski definition) is 0. The van der Waals surface area contributed by atoms with E-state index in [1.54, 1.807) is 0 Å². The third-order valence-electron chi connectivity index (χ3n) is 5.55. The molecule has 0 aromatic heterocycles. The summed E-state index contributed by atoms with van der Waals surface area (Å²) in [6.07, 6.45) is 7.35. The van der Waals surface area contributed by atoms with Crippen LogP contribution in [0.4, 0.5) is 0 Å². The summed E-state index contributed by atoms with van der Waals surface area (Å²) < 4.78 is 5.56. The normalized spacial score (nSPS) is 35.7. The lowest BCUT2D eigenvalue weighted by Crippen LogP contribution is -2.45. The molecule has 2 rings (SSSR count). The Morgan fingerprint density at radius 3 is 2.74 bits per heavy atom. The fourth-order valence-electron chi connectivity index (χ4n) is 4.30. The van der Waals surface area contributed by atoms with E-state index in [1.807, 2.05) is 0 Å². The highest BCUT2D eigenvalue weighted by Gasteiger charge is 2.47. The second-order valence-corrected chi connectivity index (χ2v) is 7.39. The summed E-state index contributed by atoms with van der Waals surface area (Å²) in [6.45, 7) is 12.4. The van der Waals surface area contributed by atoms with Gasteiger partial charge in [0.25, 0.3) is 0 Å². The molecule has 0 saturated heterocycles. The summed E-state index contributed by atoms with van der Waals surface area (Å²) in [7, 11) is 0. The summed E-state index contributed by atoms with van der Waals surface area (Å²) in [5.41, 5.74) is 1.53. The van der Waals surface area contributed by atoms with Gasteiger partial charge in [-0.2, -0.15) is 0 Å². The van der Waals surface area contributed by atoms with E-state index in [1.165, 1.54) is 44.6 Å². The van der Waals surface area contributed by atoms with Crippen LogP contribution in [0, 0.1) is 17.3 Å². The van der Waals surface area contributed by atoms with Crippen LogP contribution in [0.15, 0.2) is 12.2 Å². The predicted octanol–water partition coefficient (Wildman–Crippen LogP) is 4.49. The average Bonchev–Trinajstić information content (AvgIpc) is 2.26. The molecule has 0 N–H and O–H groups in total. The number of carbonyl (C=O) groups is 1. The number of ether oxygens (including phenoxy) is 1. The van der Waals surface area contributed by atoms with Crippen LogP contribution in [0.3, 0.4) is 0 Å². The molecular formula is C17H28O2. The third kappa shape index (κ3) is 2.88. The lowest BCUT2D eigenvalue weighted by atomic mass is 9.55. The molecular weight excluding hydrogens is 236 g/mol. The van der Waals surface area contributed by atoms with E-state index < -0.39 is 0 Å². The smallest absolute Gasteiger partial charge is 0.303 e. The summed E-state index contributed by atoms with van der Waals surface area (Å²) in [6, 6.07) is 0. The minimum atomic E-state index is -0.342. The van der Waals surface area contributed by atoms with Crippen LogP contribution in [-0.4, -0.2) is 11.6 Å². The van der Waals surface area contributed by atoms with E-state index in [-0.39, 0.29) is 11.6 Å². The van der Waals surface area contributed by atoms with Gasteiger partial charge in [0.2, 0.25) is 0 Å². The van der Waals surface area contributed by atoms with Gasteiger partial charge in [-0.3, -0.25) is 4.79 Å². The summed E-state index contributed by atoms with van der Waals surface area (Å²) in [4.78, 5) is 11.3. The molecule has 0 spiro atoms. The second kappa shape index (κ2) is 4.96. The van der Waals surface area contributed by atoms with Gasteiger partial charge in [0, 0.05) is 6.92 Å². The van der Waals surface area contributed by atoms with E-state index in [2.05, 4.69) is 27.4 Å². The van der Waals surface area contributed by atoms with Crippen molar-refractivity contribution in [2.75, 3.05) is 0 Å². The number of rotatable bonds is 2. The van der Waals surface area contributed by atoms with Gasteiger partial charge in [0.05, 0.1) is 0 Å². The Morgan fingerprint density at radius 2 is 2.11 bits per heavy atom. The molecule has 2 aliphatic rings. The van der Waals surface area contributed by atoms with Gasteiger partial charge in [0.15, 0.2) is 0 Å². The first-order valence-corrected chi connectivity index (χ1v) is 7.62. The topological polar surface area (TPSA) is 26.3 Å². The van der Waals surface area contributed by atoms with Gasteiger partial charge >= 0.3 is 5.97 Å². The Balaban J connectivity index is 2.12. The fraction of sp³-hybridized carbons (Fsp3) is 0.824. The van der Waals surface area contributed by atoms with Crippen molar-refractivity contribution in [3.63, 3.8) is 0 Å². The molecule has 2 fully saturated rings. The Bertz CT molecular complexity index is 383. The van der Waals surface area contributed by atoms with Crippen LogP contribution in [0.1, 0.15) is 66.2 Å². The average molecular weight is 264 g/mol. The van der Waals surface area contributed by atoms with Gasteiger partial charge in [0.1, 0.15) is 5.60 Å². The summed E-state index contributed by atoms with van der Waals surface area (Å²) in [5.74, 6) is 0.917. The van der Waals surface area contributed by atoms with Crippen LogP contribution in [0.25, 0.3) is 0 Å². The quantitative estimate of drug-likeness (QED) is 0.542. The molecule has 0 aliphatic heterocycles. The van der Waals surface area contributed by atoms with Crippen LogP contribution < -0.4 is 0 Å². The van der Waals surface area contributed by atoms with Gasteiger partial charge in [-0.05, 0) is 69.6 Å². The molecule has 108 valence electrons. The lowest BCUT2D eigenvalue weighted by Gasteiger charge is -2.51. The first-order chi connectivity index (χ1) is 8.74. The molecule has 2 heteroatoms. The molecule has 0 radical (unpaired) electrons. The van der Waals surface area contributed by atoms with E-state index in [4.69, 9.17) is 4.74 Å². The zero-order valence-electron chi connectivity index (χ0n) is 12.9. The molecule has 3 atom stereocenters. The molecule has 0 amide bonds. The molecule has 0 aromatic carbocycles. The fourth-order valence-corrected chi connectivity index (χ4v) is 4.30. The zero-order valence-corrected chi connectivity index (χ0v) is 12.9. The van der Waals surface area contributed by atoms with Crippen LogP contribution >= 0.6 is 0 Å². The molecule has 19 heavy (non-hydrogen) atoms. The van der Waals surface area contributed by atoms with Crippen molar-refractivity contribution in [2.45, 2.75) is 71.8 Å². The van der Waals surface area contributed by atoms with Crippen LogP contribution in [0.2, 0.25) is 0 Å². The molecule has 0 bridgehead atoms. The molecule has 2 saturated carbocycles. The minimum absolute atomic E-state index is 0.166. The first kappa shape index (κ1) is 14.6. The third-order valence-corrected chi connectivity index (χ3v) is 5.55. The second-order valence-electron chi connectivity index (χ2n) is 7.39. The minimum Gasteiger partial charge on any atom is -0.460 e. The summed E-state index contributed by atoms with van der Waals surface area (Å²) >= 11 is 0. The van der Waals surface area contributed by atoms with E-state index >= 15 is 0 Å². The standard InChI is InChI=1S/C17H28O2/c1-12-7-6-9-17(5)10-8-14(11-15(12)17)16(3,4)19-13(2)18/h14-15H,1,6-11H2,2-5H3. The SMILES string of the molecule is C=C1CCCC2(C)CCC(C(C)(C)OC(C)=O)CC12. The zero-order chi connectivity index (χ0) is 14.3. The summed E-state index contributed by atoms with van der Waals surface area (Å²) in [5, 5.41) is 0. The molecule has 0 heterocycles. The maximum absolute atomic E-state index is 11.3. The maximum Gasteiger partial charge on any atom is 0.303 e. The highest BCUT2D eigenvalue weighted by Crippen LogP contribution is 2.55. The van der Waals surface area contributed by atoms with Gasteiger partial charge in [-0.1, -0.05) is 19.1 Å². The molecule has 2 nitrogen and oxygen atoms in total. The van der Waals surface area contributed by atoms with Crippen LogP contribution in [0.5, 0.6) is 0 Å². The van der Waals surface area contributed by atoms with Gasteiger partial charge in [-0.25, -0.2) is 0 Å². The number of fused-ring (bicyclic) bond motifs is 1. The van der Waals surface area contributed by atoms with Gasteiger partial charge < -0.3 is 4.74 Å². The van der Waals surface area contributed by atoms with Crippen LogP contribution in [-0.2, 0) is 9.53 Å². The number of carbonyl (C=O) groups excluding carboxylic acids is 1. The highest BCUT2D eigenvalue weighted by molar-refractivity contribution is 5.66. The van der Waals surface area contributed by atoms with Crippen molar-refractivity contribution < 1.29 is 9.53 Å². The number of hydrogen-bond acceptors (Lipinski definition) is 2. The Morgan fingerprint density at radius 1 is 1.42 bits per heavy atom. The Kier molecular flexibility index (Phi) is 3.81. The van der Waals surface area contributed by atoms with Crippen molar-refractivity contribution in [1.82, 2.24) is 0 Å². The van der Waals surface area contributed by atoms with Gasteiger partial charge in [-0.15, -0.1) is 0 Å². The Labute approximate surface area is 117 Å². The molecule has 3 unspecified atom stereocenters. The van der Waals surface area contributed by atoms with Crippen molar-refractivity contribution in [3.05, 3.63) is 12.2 Å². The van der Waals surface area contributed by atoms with E-state index in [0.717, 1.165) is 6.42 Å². The van der Waals surface area contributed by atoms with Crippen molar-refractivity contribution >= 4 is 5.97 Å². The van der Waals surface area contributed by atoms with E-state index in [9.17, 15) is 4.79 Å². The number of esters is 1. The Hall–Kier alpha value is -0.790.